The molecule has 0 aromatic rings. The maximum atomic E-state index is 11.8. The van der Waals surface area contributed by atoms with E-state index in [1.807, 2.05) is 47.0 Å². The van der Waals surface area contributed by atoms with Gasteiger partial charge in [-0.25, -0.2) is 0 Å². The number of hydrogen-bond acceptors (Lipinski definition) is 5. The first kappa shape index (κ1) is 12.3. The van der Waals surface area contributed by atoms with Gasteiger partial charge in [-0.05, 0) is 0 Å². The van der Waals surface area contributed by atoms with Gasteiger partial charge in [0.15, 0.2) is 0 Å². The Balaban J connectivity index is 1.66. The molecule has 0 aliphatic carbocycles. The first-order valence-corrected chi connectivity index (χ1v) is 9.36. The predicted molar refractivity (Wildman–Crippen MR) is 75.3 cm³/mol. The Labute approximate surface area is 108 Å². The van der Waals surface area contributed by atoms with E-state index in [9.17, 15) is 4.79 Å². The minimum absolute atomic E-state index is 0.195. The summed E-state index contributed by atoms with van der Waals surface area (Å²) in [5, 5.41) is 3.27. The fraction of sp³-hybridized carbons (Fsp3) is 0.889. The molecule has 0 radical (unpaired) electrons. The van der Waals surface area contributed by atoms with Crippen LogP contribution in [0.3, 0.4) is 0 Å². The number of carbonyl (C=O) groups is 1. The van der Waals surface area contributed by atoms with Crippen LogP contribution in [0.15, 0.2) is 0 Å². The van der Waals surface area contributed by atoms with Gasteiger partial charge >= 0.3 is 0 Å². The van der Waals surface area contributed by atoms with Crippen molar-refractivity contribution >= 4 is 53.0 Å². The van der Waals surface area contributed by atoms with Gasteiger partial charge in [0.05, 0.1) is 9.83 Å². The highest BCUT2D eigenvalue weighted by Crippen LogP contribution is 2.31. The molecule has 2 nitrogen and oxygen atoms in total. The second-order valence-electron chi connectivity index (χ2n) is 3.35. The quantitative estimate of drug-likeness (QED) is 0.851. The van der Waals surface area contributed by atoms with Crippen molar-refractivity contribution in [3.8, 4) is 0 Å². The zero-order valence-electron chi connectivity index (χ0n) is 8.44. The summed E-state index contributed by atoms with van der Waals surface area (Å²) >= 11 is 7.64. The van der Waals surface area contributed by atoms with Gasteiger partial charge in [-0.15, -0.1) is 35.3 Å². The normalized spacial score (nSPS) is 27.9. The van der Waals surface area contributed by atoms with E-state index >= 15 is 0 Å². The van der Waals surface area contributed by atoms with Gasteiger partial charge in [-0.1, -0.05) is 0 Å². The third-order valence-electron chi connectivity index (χ3n) is 2.24. The Bertz CT molecular complexity index is 214. The average Bonchev–Trinajstić information content (AvgIpc) is 2.80. The number of rotatable bonds is 3. The lowest BCUT2D eigenvalue weighted by atomic mass is 10.4. The number of hydrogen-bond donors (Lipinski definition) is 1. The molecule has 0 saturated carbocycles. The fourth-order valence-corrected chi connectivity index (χ4v) is 6.70. The van der Waals surface area contributed by atoms with Crippen molar-refractivity contribution in [3.05, 3.63) is 0 Å². The standard InChI is InChI=1S/C9H15NOS4/c11-9(7-6-12-1-2-13-7)10-5-8-14-3-4-15-8/h7-8H,1-6H2,(H,10,11). The van der Waals surface area contributed by atoms with Crippen molar-refractivity contribution in [2.24, 2.45) is 0 Å². The molecule has 86 valence electrons. The third kappa shape index (κ3) is 3.98. The molecule has 2 heterocycles. The van der Waals surface area contributed by atoms with Crippen LogP contribution in [-0.4, -0.2) is 51.0 Å². The summed E-state index contributed by atoms with van der Waals surface area (Å²) in [4.78, 5) is 11.8. The molecule has 1 N–H and O–H groups in total. The first-order valence-electron chi connectivity index (χ1n) is 5.06. The van der Waals surface area contributed by atoms with Crippen LogP contribution in [0.25, 0.3) is 0 Å². The summed E-state index contributed by atoms with van der Waals surface area (Å²) in [6.45, 7) is 0.843. The zero-order valence-corrected chi connectivity index (χ0v) is 11.7. The van der Waals surface area contributed by atoms with Crippen LogP contribution >= 0.6 is 47.0 Å². The number of nitrogens with one attached hydrogen (secondary N) is 1. The van der Waals surface area contributed by atoms with Crippen LogP contribution < -0.4 is 5.32 Å². The van der Waals surface area contributed by atoms with Gasteiger partial charge < -0.3 is 5.32 Å². The zero-order chi connectivity index (χ0) is 10.5. The van der Waals surface area contributed by atoms with Crippen LogP contribution in [0.2, 0.25) is 0 Å². The summed E-state index contributed by atoms with van der Waals surface area (Å²) in [7, 11) is 0. The molecular weight excluding hydrogens is 266 g/mol. The monoisotopic (exact) mass is 281 g/mol. The predicted octanol–water partition coefficient (Wildman–Crippen LogP) is 1.76. The van der Waals surface area contributed by atoms with E-state index in [4.69, 9.17) is 0 Å². The van der Waals surface area contributed by atoms with Crippen molar-refractivity contribution in [1.82, 2.24) is 5.32 Å². The second kappa shape index (κ2) is 6.57. The summed E-state index contributed by atoms with van der Waals surface area (Å²) in [6.07, 6.45) is 0. The minimum atomic E-state index is 0.195. The van der Waals surface area contributed by atoms with E-state index in [0.29, 0.717) is 4.58 Å². The molecule has 2 fully saturated rings. The Morgan fingerprint density at radius 2 is 1.87 bits per heavy atom. The molecule has 1 amide bonds. The topological polar surface area (TPSA) is 29.1 Å². The minimum Gasteiger partial charge on any atom is -0.353 e. The van der Waals surface area contributed by atoms with Gasteiger partial charge in [0.25, 0.3) is 0 Å². The molecule has 0 aromatic heterocycles. The number of thioether (sulfide) groups is 4. The lowest BCUT2D eigenvalue weighted by Gasteiger charge is -2.20. The van der Waals surface area contributed by atoms with Gasteiger partial charge in [-0.2, -0.15) is 11.8 Å². The van der Waals surface area contributed by atoms with Gasteiger partial charge in [0, 0.05) is 35.3 Å². The van der Waals surface area contributed by atoms with Crippen molar-refractivity contribution in [1.29, 1.82) is 0 Å². The van der Waals surface area contributed by atoms with E-state index in [0.717, 1.165) is 18.1 Å². The van der Waals surface area contributed by atoms with Gasteiger partial charge in [0.1, 0.15) is 0 Å². The summed E-state index contributed by atoms with van der Waals surface area (Å²) < 4.78 is 0.593. The summed E-state index contributed by atoms with van der Waals surface area (Å²) in [6, 6.07) is 0. The first-order chi connectivity index (χ1) is 7.36. The molecule has 1 unspecified atom stereocenters. The van der Waals surface area contributed by atoms with E-state index < -0.39 is 0 Å². The number of carbonyl (C=O) groups excluding carboxylic acids is 1. The maximum Gasteiger partial charge on any atom is 0.234 e. The van der Waals surface area contributed by atoms with Crippen LogP contribution in [0.5, 0.6) is 0 Å². The van der Waals surface area contributed by atoms with Crippen LogP contribution in [0.1, 0.15) is 0 Å². The second-order valence-corrected chi connectivity index (χ2v) is 8.73. The Morgan fingerprint density at radius 1 is 1.13 bits per heavy atom. The molecule has 0 spiro atoms. The highest BCUT2D eigenvalue weighted by atomic mass is 32.2. The van der Waals surface area contributed by atoms with Crippen molar-refractivity contribution < 1.29 is 4.79 Å². The summed E-state index contributed by atoms with van der Waals surface area (Å²) in [5.74, 6) is 6.03. The fourth-order valence-electron chi connectivity index (χ4n) is 1.46. The third-order valence-corrected chi connectivity index (χ3v) is 8.03. The SMILES string of the molecule is O=C(NCC1SCCS1)C1CSCCS1. The molecule has 2 rings (SSSR count). The van der Waals surface area contributed by atoms with Gasteiger partial charge in [0.2, 0.25) is 5.91 Å². The maximum absolute atomic E-state index is 11.8. The Morgan fingerprint density at radius 3 is 2.53 bits per heavy atom. The Hall–Kier alpha value is 0.870. The van der Waals surface area contributed by atoms with Crippen LogP contribution in [0.4, 0.5) is 0 Å². The highest BCUT2D eigenvalue weighted by Gasteiger charge is 2.23. The van der Waals surface area contributed by atoms with Crippen LogP contribution in [0, 0.1) is 0 Å². The summed E-state index contributed by atoms with van der Waals surface area (Å²) in [5.41, 5.74) is 0. The van der Waals surface area contributed by atoms with E-state index in [1.54, 1.807) is 0 Å². The molecule has 2 aliphatic rings. The molecule has 2 saturated heterocycles. The Kier molecular flexibility index (Phi) is 5.40. The largest absolute Gasteiger partial charge is 0.353 e. The highest BCUT2D eigenvalue weighted by molar-refractivity contribution is 8.20. The van der Waals surface area contributed by atoms with E-state index in [-0.39, 0.29) is 11.2 Å². The van der Waals surface area contributed by atoms with Crippen molar-refractivity contribution in [3.63, 3.8) is 0 Å². The van der Waals surface area contributed by atoms with Crippen molar-refractivity contribution in [2.45, 2.75) is 9.83 Å². The molecule has 2 aliphatic heterocycles. The van der Waals surface area contributed by atoms with Gasteiger partial charge in [-0.3, -0.25) is 4.79 Å². The molecular formula is C9H15NOS4. The molecule has 0 bridgehead atoms. The molecule has 0 aromatic carbocycles. The lowest BCUT2D eigenvalue weighted by Crippen LogP contribution is -2.38. The molecule has 6 heteroatoms. The number of amides is 1. The van der Waals surface area contributed by atoms with E-state index in [2.05, 4.69) is 5.32 Å². The lowest BCUT2D eigenvalue weighted by molar-refractivity contribution is -0.120. The molecule has 15 heavy (non-hydrogen) atoms. The molecule has 1 atom stereocenters. The smallest absolute Gasteiger partial charge is 0.234 e. The van der Waals surface area contributed by atoms with E-state index in [1.165, 1.54) is 17.3 Å². The average molecular weight is 281 g/mol. The van der Waals surface area contributed by atoms with Crippen molar-refractivity contribution in [2.75, 3.05) is 35.3 Å². The van der Waals surface area contributed by atoms with Crippen LogP contribution in [-0.2, 0) is 4.79 Å².